The molecular formula is C20H16N2O3. The molecule has 2 atom stereocenters. The maximum absolute atomic E-state index is 11.8. The van der Waals surface area contributed by atoms with Gasteiger partial charge in [0.05, 0.1) is 19.2 Å². The van der Waals surface area contributed by atoms with Crippen LogP contribution in [0.2, 0.25) is 0 Å². The van der Waals surface area contributed by atoms with E-state index in [4.69, 9.17) is 9.47 Å². The lowest BCUT2D eigenvalue weighted by atomic mass is 9.84. The summed E-state index contributed by atoms with van der Waals surface area (Å²) in [5.41, 5.74) is 6.36. The molecule has 5 heteroatoms. The van der Waals surface area contributed by atoms with Crippen LogP contribution in [0.25, 0.3) is 0 Å². The molecule has 5 rings (SSSR count). The van der Waals surface area contributed by atoms with E-state index in [1.165, 1.54) is 23.8 Å². The van der Waals surface area contributed by atoms with Crippen molar-refractivity contribution < 1.29 is 14.3 Å². The summed E-state index contributed by atoms with van der Waals surface area (Å²) in [7, 11) is 1.40. The molecule has 2 bridgehead atoms. The monoisotopic (exact) mass is 332 g/mol. The van der Waals surface area contributed by atoms with Crippen molar-refractivity contribution in [3.05, 3.63) is 88.2 Å². The van der Waals surface area contributed by atoms with Gasteiger partial charge in [-0.25, -0.2) is 4.79 Å². The number of carbonyl (C=O) groups excluding carboxylic acids is 1. The minimum atomic E-state index is -0.321. The number of methoxy groups -OCH3 is 1. The third-order valence-electron chi connectivity index (χ3n) is 4.96. The van der Waals surface area contributed by atoms with Crippen LogP contribution < -0.4 is 0 Å². The van der Waals surface area contributed by atoms with E-state index in [0.29, 0.717) is 5.56 Å². The van der Waals surface area contributed by atoms with Crippen molar-refractivity contribution in [3.63, 3.8) is 0 Å². The topological polar surface area (TPSA) is 53.4 Å². The van der Waals surface area contributed by atoms with Crippen LogP contribution in [-0.4, -0.2) is 22.9 Å². The van der Waals surface area contributed by atoms with Crippen molar-refractivity contribution in [3.8, 4) is 0 Å². The average Bonchev–Trinajstić information content (AvgIpc) is 3.36. The molecule has 0 saturated carbocycles. The first-order valence-corrected chi connectivity index (χ1v) is 8.22. The second-order valence-electron chi connectivity index (χ2n) is 6.40. The first-order chi connectivity index (χ1) is 12.2. The Morgan fingerprint density at radius 3 is 2.64 bits per heavy atom. The molecule has 124 valence electrons. The highest BCUT2D eigenvalue weighted by atomic mass is 16.5. The number of nitrogens with zero attached hydrogens (tertiary/aromatic N) is 2. The Labute approximate surface area is 144 Å². The summed E-state index contributed by atoms with van der Waals surface area (Å²) < 4.78 is 12.9. The second kappa shape index (κ2) is 5.29. The van der Waals surface area contributed by atoms with Gasteiger partial charge in [-0.3, -0.25) is 4.68 Å². The summed E-state index contributed by atoms with van der Waals surface area (Å²) in [5.74, 6) is -0.321. The Morgan fingerprint density at radius 2 is 1.88 bits per heavy atom. The number of fused-ring (bicyclic) bond motifs is 8. The van der Waals surface area contributed by atoms with Gasteiger partial charge in [-0.15, -0.1) is 0 Å². The molecule has 3 heterocycles. The van der Waals surface area contributed by atoms with Gasteiger partial charge in [0.15, 0.2) is 0 Å². The number of carbonyl (C=O) groups is 1. The van der Waals surface area contributed by atoms with Crippen LogP contribution in [0.1, 0.15) is 50.4 Å². The van der Waals surface area contributed by atoms with Crippen LogP contribution in [0.4, 0.5) is 0 Å². The van der Waals surface area contributed by atoms with Crippen molar-refractivity contribution in [1.82, 2.24) is 9.78 Å². The smallest absolute Gasteiger partial charge is 0.337 e. The van der Waals surface area contributed by atoms with E-state index in [0.717, 1.165) is 17.7 Å². The van der Waals surface area contributed by atoms with Gasteiger partial charge in [0.1, 0.15) is 12.2 Å². The first kappa shape index (κ1) is 14.4. The van der Waals surface area contributed by atoms with Crippen LogP contribution in [-0.2, 0) is 16.0 Å². The summed E-state index contributed by atoms with van der Waals surface area (Å²) in [5, 5.41) is 4.26. The second-order valence-corrected chi connectivity index (χ2v) is 6.40. The summed E-state index contributed by atoms with van der Waals surface area (Å²) in [6, 6.07) is 14.1. The molecule has 0 radical (unpaired) electrons. The number of rotatable bonds is 3. The molecule has 0 saturated heterocycles. The van der Waals surface area contributed by atoms with Crippen molar-refractivity contribution in [2.24, 2.45) is 0 Å². The van der Waals surface area contributed by atoms with Gasteiger partial charge >= 0.3 is 5.97 Å². The minimum Gasteiger partial charge on any atom is -0.465 e. The normalized spacial score (nSPS) is 19.6. The quantitative estimate of drug-likeness (QED) is 0.691. The first-order valence-electron chi connectivity index (χ1n) is 8.22. The number of ether oxygens (including phenoxy) is 2. The lowest BCUT2D eigenvalue weighted by molar-refractivity contribution is 0.0600. The van der Waals surface area contributed by atoms with Crippen molar-refractivity contribution in [2.45, 2.75) is 18.8 Å². The molecule has 0 fully saturated rings. The van der Waals surface area contributed by atoms with Crippen LogP contribution in [0.3, 0.4) is 0 Å². The number of hydrogen-bond donors (Lipinski definition) is 0. The Bertz CT molecular complexity index is 979. The Hall–Kier alpha value is -2.92. The van der Waals surface area contributed by atoms with E-state index in [1.807, 2.05) is 29.1 Å². The molecular weight excluding hydrogens is 316 g/mol. The maximum atomic E-state index is 11.8. The molecule has 0 aliphatic carbocycles. The SMILES string of the molecule is COC(=O)c1ccc2c(c1)C1OC2c2ccc(Cn3cccn3)cc21. The van der Waals surface area contributed by atoms with Crippen LogP contribution in [0.15, 0.2) is 54.9 Å². The van der Waals surface area contributed by atoms with Gasteiger partial charge in [-0.2, -0.15) is 5.10 Å². The number of benzene rings is 2. The largest absolute Gasteiger partial charge is 0.465 e. The standard InChI is InChI=1S/C20H16N2O3/c1-24-20(23)13-4-6-15-17(10-13)19-16-9-12(11-22-8-2-7-21-22)3-5-14(16)18(15)25-19/h2-10,18-19H,11H2,1H3. The molecule has 1 aromatic heterocycles. The predicted molar refractivity (Wildman–Crippen MR) is 90.3 cm³/mol. The fourth-order valence-corrected chi connectivity index (χ4v) is 3.82. The number of aromatic nitrogens is 2. The summed E-state index contributed by atoms with van der Waals surface area (Å²) in [4.78, 5) is 11.8. The van der Waals surface area contributed by atoms with Crippen molar-refractivity contribution in [2.75, 3.05) is 7.11 Å². The maximum Gasteiger partial charge on any atom is 0.337 e. The van der Waals surface area contributed by atoms with Crippen molar-refractivity contribution >= 4 is 5.97 Å². The Balaban J connectivity index is 1.53. The highest BCUT2D eigenvalue weighted by Crippen LogP contribution is 2.54. The molecule has 2 aliphatic rings. The zero-order chi connectivity index (χ0) is 17.0. The average molecular weight is 332 g/mol. The van der Waals surface area contributed by atoms with E-state index < -0.39 is 0 Å². The lowest BCUT2D eigenvalue weighted by Crippen LogP contribution is -2.08. The van der Waals surface area contributed by atoms with E-state index in [9.17, 15) is 4.79 Å². The highest BCUT2D eigenvalue weighted by Gasteiger charge is 2.42. The van der Waals surface area contributed by atoms with Gasteiger partial charge in [0, 0.05) is 12.4 Å². The molecule has 5 nitrogen and oxygen atoms in total. The molecule has 2 aromatic carbocycles. The molecule has 0 spiro atoms. The van der Waals surface area contributed by atoms with E-state index >= 15 is 0 Å². The molecule has 25 heavy (non-hydrogen) atoms. The van der Waals surface area contributed by atoms with E-state index in [-0.39, 0.29) is 18.2 Å². The minimum absolute atomic E-state index is 0.0412. The Morgan fingerprint density at radius 1 is 1.12 bits per heavy atom. The van der Waals surface area contributed by atoms with Gasteiger partial charge in [-0.05, 0) is 46.0 Å². The summed E-state index contributed by atoms with van der Waals surface area (Å²) in [6.07, 6.45) is 3.58. The molecule has 2 unspecified atom stereocenters. The highest BCUT2D eigenvalue weighted by molar-refractivity contribution is 5.90. The Kier molecular flexibility index (Phi) is 3.05. The fourth-order valence-electron chi connectivity index (χ4n) is 3.82. The van der Waals surface area contributed by atoms with Crippen LogP contribution in [0.5, 0.6) is 0 Å². The molecule has 3 aromatic rings. The van der Waals surface area contributed by atoms with E-state index in [2.05, 4.69) is 23.3 Å². The van der Waals surface area contributed by atoms with Crippen LogP contribution in [0, 0.1) is 0 Å². The van der Waals surface area contributed by atoms with Gasteiger partial charge in [0.2, 0.25) is 0 Å². The fraction of sp³-hybridized carbons (Fsp3) is 0.200. The number of esters is 1. The summed E-state index contributed by atoms with van der Waals surface area (Å²) in [6.45, 7) is 0.729. The number of hydrogen-bond acceptors (Lipinski definition) is 4. The zero-order valence-corrected chi connectivity index (χ0v) is 13.7. The predicted octanol–water partition coefficient (Wildman–Crippen LogP) is 3.24. The zero-order valence-electron chi connectivity index (χ0n) is 13.7. The van der Waals surface area contributed by atoms with Crippen molar-refractivity contribution in [1.29, 1.82) is 0 Å². The third kappa shape index (κ3) is 2.13. The molecule has 0 amide bonds. The van der Waals surface area contributed by atoms with Gasteiger partial charge in [-0.1, -0.05) is 24.3 Å². The molecule has 2 aliphatic heterocycles. The third-order valence-corrected chi connectivity index (χ3v) is 4.96. The van der Waals surface area contributed by atoms with E-state index in [1.54, 1.807) is 12.3 Å². The van der Waals surface area contributed by atoms with Crippen LogP contribution >= 0.6 is 0 Å². The van der Waals surface area contributed by atoms with Gasteiger partial charge in [0.25, 0.3) is 0 Å². The molecule has 0 N–H and O–H groups in total. The van der Waals surface area contributed by atoms with Gasteiger partial charge < -0.3 is 9.47 Å². The summed E-state index contributed by atoms with van der Waals surface area (Å²) >= 11 is 0. The lowest BCUT2D eigenvalue weighted by Gasteiger charge is -2.17.